The zero-order chi connectivity index (χ0) is 14.9. The molecule has 0 unspecified atom stereocenters. The molecular formula is C14H21N3O2S. The average Bonchev–Trinajstić information content (AvgIpc) is 2.74. The van der Waals surface area contributed by atoms with Gasteiger partial charge in [0.25, 0.3) is 5.91 Å². The molecule has 1 aliphatic rings. The van der Waals surface area contributed by atoms with Crippen molar-refractivity contribution < 1.29 is 9.59 Å². The minimum absolute atomic E-state index is 0.0875. The number of anilines is 1. The van der Waals surface area contributed by atoms with Crippen LogP contribution >= 0.6 is 11.3 Å². The van der Waals surface area contributed by atoms with Gasteiger partial charge in [0.2, 0.25) is 5.91 Å². The van der Waals surface area contributed by atoms with E-state index in [0.29, 0.717) is 30.1 Å². The summed E-state index contributed by atoms with van der Waals surface area (Å²) in [6, 6.07) is 0. The Hall–Kier alpha value is -1.56. The van der Waals surface area contributed by atoms with E-state index in [9.17, 15) is 9.59 Å². The van der Waals surface area contributed by atoms with Crippen LogP contribution in [0.5, 0.6) is 0 Å². The lowest BCUT2D eigenvalue weighted by molar-refractivity contribution is -0.136. The van der Waals surface area contributed by atoms with Gasteiger partial charge >= 0.3 is 0 Å². The Kier molecular flexibility index (Phi) is 4.32. The van der Waals surface area contributed by atoms with Gasteiger partial charge in [-0.15, -0.1) is 11.3 Å². The number of nitrogens with zero attached hydrogens (tertiary/aromatic N) is 1. The number of fused-ring (bicyclic) bond motifs is 1. The van der Waals surface area contributed by atoms with E-state index >= 15 is 0 Å². The van der Waals surface area contributed by atoms with Gasteiger partial charge in [-0.1, -0.05) is 13.8 Å². The van der Waals surface area contributed by atoms with Gasteiger partial charge in [-0.2, -0.15) is 0 Å². The summed E-state index contributed by atoms with van der Waals surface area (Å²) in [5, 5.41) is 0.472. The van der Waals surface area contributed by atoms with Crippen molar-refractivity contribution in [3.63, 3.8) is 0 Å². The van der Waals surface area contributed by atoms with Crippen LogP contribution in [-0.2, 0) is 17.8 Å². The molecule has 4 N–H and O–H groups in total. The van der Waals surface area contributed by atoms with Crippen molar-refractivity contribution in [1.29, 1.82) is 0 Å². The van der Waals surface area contributed by atoms with E-state index in [2.05, 4.69) is 0 Å². The fourth-order valence-electron chi connectivity index (χ4n) is 2.78. The van der Waals surface area contributed by atoms with E-state index < -0.39 is 5.91 Å². The lowest BCUT2D eigenvalue weighted by atomic mass is 9.98. The molecule has 0 bridgehead atoms. The second-order valence-electron chi connectivity index (χ2n) is 5.13. The molecule has 0 radical (unpaired) electrons. The van der Waals surface area contributed by atoms with Gasteiger partial charge in [0.15, 0.2) is 0 Å². The van der Waals surface area contributed by atoms with Crippen molar-refractivity contribution >= 4 is 28.2 Å². The molecule has 6 heteroatoms. The lowest BCUT2D eigenvalue weighted by Crippen LogP contribution is -2.39. The average molecular weight is 295 g/mol. The monoisotopic (exact) mass is 295 g/mol. The van der Waals surface area contributed by atoms with Crippen LogP contribution in [0, 0.1) is 5.92 Å². The summed E-state index contributed by atoms with van der Waals surface area (Å²) in [5.41, 5.74) is 12.6. The number of hydrogen-bond acceptors (Lipinski definition) is 4. The van der Waals surface area contributed by atoms with E-state index in [-0.39, 0.29) is 11.8 Å². The van der Waals surface area contributed by atoms with Crippen molar-refractivity contribution in [3.05, 3.63) is 16.0 Å². The quantitative estimate of drug-likeness (QED) is 0.886. The number of carbonyl (C=O) groups excluding carboxylic acids is 2. The molecule has 110 valence electrons. The first-order chi connectivity index (χ1) is 9.49. The molecule has 2 rings (SSSR count). The minimum atomic E-state index is -0.472. The smallest absolute Gasteiger partial charge is 0.251 e. The van der Waals surface area contributed by atoms with E-state index in [4.69, 9.17) is 11.5 Å². The summed E-state index contributed by atoms with van der Waals surface area (Å²) in [4.78, 5) is 26.7. The molecule has 0 fully saturated rings. The summed E-state index contributed by atoms with van der Waals surface area (Å²) >= 11 is 1.38. The van der Waals surface area contributed by atoms with E-state index in [1.165, 1.54) is 11.3 Å². The first-order valence-corrected chi connectivity index (χ1v) is 7.79. The molecule has 0 atom stereocenters. The van der Waals surface area contributed by atoms with Crippen LogP contribution in [0.1, 0.15) is 47.5 Å². The molecule has 0 aliphatic carbocycles. The molecule has 2 heterocycles. The molecule has 0 spiro atoms. The SMILES string of the molecule is CCC(CC)C(=O)N1CCc2c(sc(N)c2C(N)=O)C1. The summed E-state index contributed by atoms with van der Waals surface area (Å²) in [6.45, 7) is 5.26. The summed E-state index contributed by atoms with van der Waals surface area (Å²) in [7, 11) is 0. The highest BCUT2D eigenvalue weighted by atomic mass is 32.1. The molecule has 0 aromatic carbocycles. The van der Waals surface area contributed by atoms with E-state index in [0.717, 1.165) is 23.3 Å². The molecule has 1 aliphatic heterocycles. The van der Waals surface area contributed by atoms with Crippen LogP contribution in [0.3, 0.4) is 0 Å². The zero-order valence-electron chi connectivity index (χ0n) is 11.9. The van der Waals surface area contributed by atoms with Crippen LogP contribution in [0.15, 0.2) is 0 Å². The van der Waals surface area contributed by atoms with Gasteiger partial charge in [0.1, 0.15) is 0 Å². The number of rotatable bonds is 4. The molecule has 5 nitrogen and oxygen atoms in total. The molecule has 0 saturated heterocycles. The van der Waals surface area contributed by atoms with E-state index in [1.807, 2.05) is 18.7 Å². The van der Waals surface area contributed by atoms with Gasteiger partial charge in [-0.05, 0) is 24.8 Å². The standard InChI is InChI=1S/C14H21N3O2S/c1-3-8(4-2)14(19)17-6-5-9-10(7-17)20-13(16)11(9)12(15)18/h8H,3-7,16H2,1-2H3,(H2,15,18). The highest BCUT2D eigenvalue weighted by molar-refractivity contribution is 7.16. The second-order valence-corrected chi connectivity index (χ2v) is 6.27. The van der Waals surface area contributed by atoms with Crippen LogP contribution in [0.25, 0.3) is 0 Å². The maximum Gasteiger partial charge on any atom is 0.251 e. The highest BCUT2D eigenvalue weighted by Crippen LogP contribution is 2.35. The Labute approximate surface area is 122 Å². The maximum absolute atomic E-state index is 12.4. The highest BCUT2D eigenvalue weighted by Gasteiger charge is 2.29. The van der Waals surface area contributed by atoms with Crippen molar-refractivity contribution in [1.82, 2.24) is 4.90 Å². The normalized spacial score (nSPS) is 14.4. The molecule has 0 saturated carbocycles. The lowest BCUT2D eigenvalue weighted by Gasteiger charge is -2.30. The van der Waals surface area contributed by atoms with Crippen molar-refractivity contribution in [2.24, 2.45) is 11.7 Å². The zero-order valence-corrected chi connectivity index (χ0v) is 12.8. The molecule has 20 heavy (non-hydrogen) atoms. The minimum Gasteiger partial charge on any atom is -0.390 e. The third kappa shape index (κ3) is 2.52. The fourth-order valence-corrected chi connectivity index (χ4v) is 3.92. The first-order valence-electron chi connectivity index (χ1n) is 6.98. The van der Waals surface area contributed by atoms with Crippen LogP contribution in [0.2, 0.25) is 0 Å². The molecule has 1 aromatic heterocycles. The number of nitrogens with two attached hydrogens (primary N) is 2. The number of hydrogen-bond donors (Lipinski definition) is 2. The van der Waals surface area contributed by atoms with E-state index in [1.54, 1.807) is 0 Å². The number of amides is 2. The van der Waals surface area contributed by atoms with Gasteiger partial charge in [0.05, 0.1) is 17.1 Å². The Morgan fingerprint density at radius 2 is 2.00 bits per heavy atom. The third-order valence-corrected chi connectivity index (χ3v) is 5.02. The van der Waals surface area contributed by atoms with Crippen molar-refractivity contribution in [2.45, 2.75) is 39.7 Å². The van der Waals surface area contributed by atoms with Crippen molar-refractivity contribution in [2.75, 3.05) is 12.3 Å². The molecule has 1 aromatic rings. The predicted molar refractivity (Wildman–Crippen MR) is 80.4 cm³/mol. The van der Waals surface area contributed by atoms with Gasteiger partial charge in [0, 0.05) is 17.3 Å². The Balaban J connectivity index is 2.22. The topological polar surface area (TPSA) is 89.4 Å². The van der Waals surface area contributed by atoms with Gasteiger partial charge in [-0.3, -0.25) is 9.59 Å². The third-order valence-electron chi connectivity index (χ3n) is 3.98. The van der Waals surface area contributed by atoms with Crippen LogP contribution in [0.4, 0.5) is 5.00 Å². The molecular weight excluding hydrogens is 274 g/mol. The largest absolute Gasteiger partial charge is 0.390 e. The molecule has 2 amide bonds. The Bertz CT molecular complexity index is 535. The second kappa shape index (κ2) is 5.83. The fraction of sp³-hybridized carbons (Fsp3) is 0.571. The summed E-state index contributed by atoms with van der Waals surface area (Å²) < 4.78 is 0. The Morgan fingerprint density at radius 3 is 2.55 bits per heavy atom. The first kappa shape index (κ1) is 14.8. The summed E-state index contributed by atoms with van der Waals surface area (Å²) in [6.07, 6.45) is 2.38. The predicted octanol–water partition coefficient (Wildman–Crippen LogP) is 1.75. The number of nitrogen functional groups attached to an aromatic ring is 1. The van der Waals surface area contributed by atoms with Crippen molar-refractivity contribution in [3.8, 4) is 0 Å². The maximum atomic E-state index is 12.4. The summed E-state index contributed by atoms with van der Waals surface area (Å²) in [5.74, 6) is -0.183. The number of thiophene rings is 1. The number of primary amides is 1. The van der Waals surface area contributed by atoms with Gasteiger partial charge in [-0.25, -0.2) is 0 Å². The van der Waals surface area contributed by atoms with Gasteiger partial charge < -0.3 is 16.4 Å². The Morgan fingerprint density at radius 1 is 1.35 bits per heavy atom. The van der Waals surface area contributed by atoms with Crippen LogP contribution < -0.4 is 11.5 Å². The van der Waals surface area contributed by atoms with Crippen LogP contribution in [-0.4, -0.2) is 23.3 Å². The number of carbonyl (C=O) groups is 2.